The number of alkyl halides is 1. The maximum atomic E-state index is 11.7. The summed E-state index contributed by atoms with van der Waals surface area (Å²) < 4.78 is 0. The molecular formula is C13H20ClN3OS. The Morgan fingerprint density at radius 2 is 2.53 bits per heavy atom. The summed E-state index contributed by atoms with van der Waals surface area (Å²) in [7, 11) is 1.71. The summed E-state index contributed by atoms with van der Waals surface area (Å²) in [4.78, 5) is 18.5. The molecule has 1 fully saturated rings. The second-order valence-electron chi connectivity index (χ2n) is 4.78. The van der Waals surface area contributed by atoms with Crippen molar-refractivity contribution in [3.63, 3.8) is 0 Å². The van der Waals surface area contributed by atoms with Crippen LogP contribution >= 0.6 is 22.9 Å². The molecule has 0 radical (unpaired) electrons. The normalized spacial score (nSPS) is 19.8. The van der Waals surface area contributed by atoms with E-state index in [1.165, 1.54) is 0 Å². The third-order valence-corrected chi connectivity index (χ3v) is 4.72. The van der Waals surface area contributed by atoms with Crippen molar-refractivity contribution >= 4 is 28.8 Å². The van der Waals surface area contributed by atoms with Crippen LogP contribution in [-0.2, 0) is 17.1 Å². The highest BCUT2D eigenvalue weighted by Crippen LogP contribution is 2.19. The molecule has 2 rings (SSSR count). The van der Waals surface area contributed by atoms with Crippen LogP contribution in [0.3, 0.4) is 0 Å². The molecular weight excluding hydrogens is 282 g/mol. The highest BCUT2D eigenvalue weighted by atomic mass is 35.5. The number of nitrogens with one attached hydrogen (secondary N) is 1. The van der Waals surface area contributed by atoms with Crippen molar-refractivity contribution in [3.05, 3.63) is 16.1 Å². The van der Waals surface area contributed by atoms with E-state index in [-0.39, 0.29) is 11.9 Å². The highest BCUT2D eigenvalue weighted by molar-refractivity contribution is 7.09. The summed E-state index contributed by atoms with van der Waals surface area (Å²) in [5.74, 6) is 0.637. The van der Waals surface area contributed by atoms with Gasteiger partial charge in [0.2, 0.25) is 5.91 Å². The molecule has 1 aromatic heterocycles. The van der Waals surface area contributed by atoms with E-state index in [1.807, 2.05) is 5.38 Å². The lowest BCUT2D eigenvalue weighted by Gasteiger charge is -2.22. The molecule has 1 amide bonds. The van der Waals surface area contributed by atoms with Gasteiger partial charge < -0.3 is 5.32 Å². The Hall–Kier alpha value is -0.650. The van der Waals surface area contributed by atoms with Crippen molar-refractivity contribution in [1.29, 1.82) is 0 Å². The van der Waals surface area contributed by atoms with Crippen LogP contribution in [0.15, 0.2) is 5.38 Å². The Balaban J connectivity index is 1.77. The molecule has 0 spiro atoms. The molecule has 19 heavy (non-hydrogen) atoms. The number of nitrogens with zero attached hydrogens (tertiary/aromatic N) is 2. The third kappa shape index (κ3) is 3.91. The van der Waals surface area contributed by atoms with Gasteiger partial charge in [0.15, 0.2) is 0 Å². The zero-order valence-corrected chi connectivity index (χ0v) is 12.8. The molecule has 0 saturated carbocycles. The van der Waals surface area contributed by atoms with Crippen molar-refractivity contribution in [2.75, 3.05) is 20.1 Å². The fourth-order valence-corrected chi connectivity index (χ4v) is 3.58. The van der Waals surface area contributed by atoms with Crippen molar-refractivity contribution < 1.29 is 4.79 Å². The van der Waals surface area contributed by atoms with Crippen LogP contribution < -0.4 is 5.32 Å². The van der Waals surface area contributed by atoms with Gasteiger partial charge in [-0.15, -0.1) is 22.9 Å². The lowest BCUT2D eigenvalue weighted by molar-refractivity contribution is -0.124. The van der Waals surface area contributed by atoms with E-state index in [0.29, 0.717) is 5.88 Å². The highest BCUT2D eigenvalue weighted by Gasteiger charge is 2.29. The number of likely N-dealkylation sites (N-methyl/N-ethyl adjacent to an activating group) is 1. The number of hydrogen-bond acceptors (Lipinski definition) is 4. The number of halogens is 1. The molecule has 0 aliphatic carbocycles. The van der Waals surface area contributed by atoms with Crippen LogP contribution in [-0.4, -0.2) is 42.0 Å². The Morgan fingerprint density at radius 3 is 3.21 bits per heavy atom. The second kappa shape index (κ2) is 7.22. The molecule has 0 bridgehead atoms. The fraction of sp³-hybridized carbons (Fsp3) is 0.692. The van der Waals surface area contributed by atoms with Gasteiger partial charge in [0.1, 0.15) is 0 Å². The predicted octanol–water partition coefficient (Wildman–Crippen LogP) is 2.02. The number of rotatable bonds is 6. The van der Waals surface area contributed by atoms with E-state index in [2.05, 4.69) is 15.2 Å². The molecule has 1 aliphatic heterocycles. The number of amides is 1. The maximum absolute atomic E-state index is 11.7. The molecule has 4 nitrogen and oxygen atoms in total. The van der Waals surface area contributed by atoms with E-state index in [9.17, 15) is 4.79 Å². The van der Waals surface area contributed by atoms with Gasteiger partial charge in [-0.25, -0.2) is 4.98 Å². The number of thiazole rings is 1. The van der Waals surface area contributed by atoms with Crippen LogP contribution in [0.2, 0.25) is 0 Å². The van der Waals surface area contributed by atoms with E-state index < -0.39 is 0 Å². The number of carbonyl (C=O) groups excluding carboxylic acids is 1. The Bertz CT molecular complexity index is 424. The van der Waals surface area contributed by atoms with E-state index in [4.69, 9.17) is 11.6 Å². The minimum Gasteiger partial charge on any atom is -0.358 e. The van der Waals surface area contributed by atoms with Gasteiger partial charge in [0, 0.05) is 18.8 Å². The first-order valence-electron chi connectivity index (χ1n) is 6.69. The quantitative estimate of drug-likeness (QED) is 0.818. The van der Waals surface area contributed by atoms with Crippen molar-refractivity contribution in [1.82, 2.24) is 15.2 Å². The zero-order chi connectivity index (χ0) is 13.7. The summed E-state index contributed by atoms with van der Waals surface area (Å²) in [5.41, 5.74) is 0.964. The summed E-state index contributed by atoms with van der Waals surface area (Å²) in [6.45, 7) is 2.00. The number of aryl methyl sites for hydroxylation is 1. The molecule has 1 unspecified atom stereocenters. The standard InChI is InChI=1S/C13H20ClN3OS/c1-15-13(18)11-4-2-6-17(11)7-3-5-12-16-10(8-14)9-19-12/h9,11H,2-8H2,1H3,(H,15,18). The molecule has 1 aliphatic rings. The molecule has 106 valence electrons. The largest absolute Gasteiger partial charge is 0.358 e. The van der Waals surface area contributed by atoms with Crippen molar-refractivity contribution in [3.8, 4) is 0 Å². The minimum atomic E-state index is 0.0692. The summed E-state index contributed by atoms with van der Waals surface area (Å²) >= 11 is 7.41. The van der Waals surface area contributed by atoms with Crippen molar-refractivity contribution in [2.45, 2.75) is 37.6 Å². The minimum absolute atomic E-state index is 0.0692. The first-order chi connectivity index (χ1) is 9.24. The molecule has 1 aromatic rings. The van der Waals surface area contributed by atoms with Gasteiger partial charge in [0.05, 0.1) is 22.6 Å². The lowest BCUT2D eigenvalue weighted by atomic mass is 10.2. The Labute approximate surface area is 123 Å². The number of carbonyl (C=O) groups is 1. The van der Waals surface area contributed by atoms with Gasteiger partial charge in [-0.1, -0.05) is 0 Å². The molecule has 1 N–H and O–H groups in total. The number of hydrogen-bond donors (Lipinski definition) is 1. The molecule has 1 atom stereocenters. The first kappa shape index (κ1) is 14.8. The fourth-order valence-electron chi connectivity index (χ4n) is 2.52. The Kier molecular flexibility index (Phi) is 5.60. The lowest BCUT2D eigenvalue weighted by Crippen LogP contribution is -2.42. The molecule has 0 aromatic carbocycles. The summed E-state index contributed by atoms with van der Waals surface area (Å²) in [5, 5.41) is 5.91. The summed E-state index contributed by atoms with van der Waals surface area (Å²) in [6, 6.07) is 0.0692. The first-order valence-corrected chi connectivity index (χ1v) is 8.11. The second-order valence-corrected chi connectivity index (χ2v) is 5.99. The van der Waals surface area contributed by atoms with Gasteiger partial charge in [-0.2, -0.15) is 0 Å². The summed E-state index contributed by atoms with van der Waals surface area (Å²) in [6.07, 6.45) is 4.11. The van der Waals surface area contributed by atoms with Crippen LogP contribution in [0.5, 0.6) is 0 Å². The zero-order valence-electron chi connectivity index (χ0n) is 11.2. The van der Waals surface area contributed by atoms with E-state index in [1.54, 1.807) is 18.4 Å². The predicted molar refractivity (Wildman–Crippen MR) is 78.7 cm³/mol. The molecule has 1 saturated heterocycles. The van der Waals surface area contributed by atoms with Gasteiger partial charge >= 0.3 is 0 Å². The molecule has 2 heterocycles. The molecule has 6 heteroatoms. The van der Waals surface area contributed by atoms with E-state index >= 15 is 0 Å². The number of aromatic nitrogens is 1. The van der Waals surface area contributed by atoms with Crippen molar-refractivity contribution in [2.24, 2.45) is 0 Å². The van der Waals surface area contributed by atoms with Crippen LogP contribution in [0.25, 0.3) is 0 Å². The Morgan fingerprint density at radius 1 is 1.68 bits per heavy atom. The smallest absolute Gasteiger partial charge is 0.237 e. The van der Waals surface area contributed by atoms with Gasteiger partial charge in [-0.3, -0.25) is 9.69 Å². The van der Waals surface area contributed by atoms with Gasteiger partial charge in [0.25, 0.3) is 0 Å². The number of likely N-dealkylation sites (tertiary alicyclic amines) is 1. The van der Waals surface area contributed by atoms with E-state index in [0.717, 1.165) is 49.5 Å². The van der Waals surface area contributed by atoms with Crippen LogP contribution in [0, 0.1) is 0 Å². The average molecular weight is 302 g/mol. The monoisotopic (exact) mass is 301 g/mol. The van der Waals surface area contributed by atoms with Crippen LogP contribution in [0.1, 0.15) is 30.0 Å². The van der Waals surface area contributed by atoms with Gasteiger partial charge in [-0.05, 0) is 32.4 Å². The average Bonchev–Trinajstić information content (AvgIpc) is 3.06. The topological polar surface area (TPSA) is 45.2 Å². The maximum Gasteiger partial charge on any atom is 0.237 e. The van der Waals surface area contributed by atoms with Crippen LogP contribution in [0.4, 0.5) is 0 Å². The SMILES string of the molecule is CNC(=O)C1CCCN1CCCc1nc(CCl)cs1. The third-order valence-electron chi connectivity index (χ3n) is 3.48.